The van der Waals surface area contributed by atoms with Crippen molar-refractivity contribution in [1.82, 2.24) is 9.78 Å². The molecular formula is C11H9F3N4O. The number of hydrogen-bond donors (Lipinski definition) is 2. The zero-order chi connectivity index (χ0) is 14.2. The number of hydrogen-bond acceptors (Lipinski definition) is 4. The van der Waals surface area contributed by atoms with Crippen LogP contribution in [-0.2, 0) is 6.18 Å². The van der Waals surface area contributed by atoms with Crippen LogP contribution in [0, 0.1) is 0 Å². The van der Waals surface area contributed by atoms with Crippen molar-refractivity contribution in [2.45, 2.75) is 6.18 Å². The molecule has 100 valence electrons. The molecule has 1 heterocycles. The molecule has 19 heavy (non-hydrogen) atoms. The summed E-state index contributed by atoms with van der Waals surface area (Å²) in [6.07, 6.45) is -3.97. The summed E-state index contributed by atoms with van der Waals surface area (Å²) in [6.45, 7) is 0. The van der Waals surface area contributed by atoms with Gasteiger partial charge in [0.2, 0.25) is 0 Å². The van der Waals surface area contributed by atoms with E-state index in [9.17, 15) is 18.0 Å². The Morgan fingerprint density at radius 3 is 2.16 bits per heavy atom. The summed E-state index contributed by atoms with van der Waals surface area (Å²) in [4.78, 5) is 10.7. The summed E-state index contributed by atoms with van der Waals surface area (Å²) < 4.78 is 38.3. The second-order valence-corrected chi connectivity index (χ2v) is 3.76. The van der Waals surface area contributed by atoms with Crippen LogP contribution < -0.4 is 11.5 Å². The van der Waals surface area contributed by atoms with Crippen LogP contribution in [0.5, 0.6) is 0 Å². The second kappa shape index (κ2) is 4.30. The van der Waals surface area contributed by atoms with Gasteiger partial charge in [0.15, 0.2) is 12.1 Å². The molecule has 0 aliphatic carbocycles. The second-order valence-electron chi connectivity index (χ2n) is 3.76. The molecule has 0 atom stereocenters. The average Bonchev–Trinajstić information content (AvgIpc) is 2.63. The molecule has 0 aliphatic rings. The van der Waals surface area contributed by atoms with Crippen LogP contribution in [0.1, 0.15) is 15.9 Å². The van der Waals surface area contributed by atoms with Crippen molar-refractivity contribution >= 4 is 17.9 Å². The van der Waals surface area contributed by atoms with E-state index in [2.05, 4.69) is 5.10 Å². The fourth-order valence-electron chi connectivity index (χ4n) is 1.57. The van der Waals surface area contributed by atoms with Crippen molar-refractivity contribution in [3.8, 4) is 5.69 Å². The molecule has 4 N–H and O–H groups in total. The number of nitrogen functional groups attached to an aromatic ring is 2. The Balaban J connectivity index is 2.46. The Hall–Kier alpha value is -2.51. The highest BCUT2D eigenvalue weighted by Gasteiger charge is 2.30. The predicted molar refractivity (Wildman–Crippen MR) is 62.8 cm³/mol. The molecule has 0 saturated carbocycles. The van der Waals surface area contributed by atoms with Gasteiger partial charge in [-0.05, 0) is 24.3 Å². The summed E-state index contributed by atoms with van der Waals surface area (Å²) in [5.74, 6) is -0.0975. The zero-order valence-electron chi connectivity index (χ0n) is 9.48. The Morgan fingerprint density at radius 1 is 1.16 bits per heavy atom. The number of halogens is 3. The summed E-state index contributed by atoms with van der Waals surface area (Å²) in [5.41, 5.74) is 10.6. The highest BCUT2D eigenvalue weighted by molar-refractivity contribution is 5.88. The third-order valence-corrected chi connectivity index (χ3v) is 2.54. The van der Waals surface area contributed by atoms with Gasteiger partial charge in [0.25, 0.3) is 0 Å². The molecule has 0 bridgehead atoms. The number of carbonyl (C=O) groups is 1. The van der Waals surface area contributed by atoms with Gasteiger partial charge in [-0.1, -0.05) is 0 Å². The smallest absolute Gasteiger partial charge is 0.383 e. The lowest BCUT2D eigenvalue weighted by Gasteiger charge is -2.08. The minimum absolute atomic E-state index is 0.0138. The first-order valence-corrected chi connectivity index (χ1v) is 5.11. The number of nitrogens with two attached hydrogens (primary N) is 2. The molecule has 0 spiro atoms. The Labute approximate surface area is 105 Å². The Morgan fingerprint density at radius 2 is 1.74 bits per heavy atom. The number of anilines is 2. The fourth-order valence-corrected chi connectivity index (χ4v) is 1.57. The number of alkyl halides is 3. The van der Waals surface area contributed by atoms with E-state index in [0.717, 1.165) is 16.8 Å². The van der Waals surface area contributed by atoms with E-state index in [4.69, 9.17) is 11.5 Å². The van der Waals surface area contributed by atoms with Gasteiger partial charge >= 0.3 is 6.18 Å². The normalized spacial score (nSPS) is 11.5. The zero-order valence-corrected chi connectivity index (χ0v) is 9.48. The maximum absolute atomic E-state index is 12.4. The average molecular weight is 270 g/mol. The van der Waals surface area contributed by atoms with Crippen LogP contribution in [0.3, 0.4) is 0 Å². The van der Waals surface area contributed by atoms with Gasteiger partial charge in [-0.2, -0.15) is 13.2 Å². The molecule has 0 aliphatic heterocycles. The molecule has 2 rings (SSSR count). The van der Waals surface area contributed by atoms with E-state index in [-0.39, 0.29) is 22.9 Å². The molecule has 5 nitrogen and oxygen atoms in total. The van der Waals surface area contributed by atoms with E-state index < -0.39 is 11.7 Å². The van der Waals surface area contributed by atoms with Gasteiger partial charge in [-0.25, -0.2) is 4.68 Å². The Kier molecular flexibility index (Phi) is 2.93. The number of nitrogens with zero attached hydrogens (tertiary/aromatic N) is 2. The summed E-state index contributed by atoms with van der Waals surface area (Å²) in [6, 6.07) is 4.18. The molecule has 1 aromatic carbocycles. The van der Waals surface area contributed by atoms with Gasteiger partial charge in [-0.3, -0.25) is 4.79 Å². The number of benzene rings is 1. The number of carbonyl (C=O) groups excluding carboxylic acids is 1. The van der Waals surface area contributed by atoms with Crippen LogP contribution in [0.2, 0.25) is 0 Å². The summed E-state index contributed by atoms with van der Waals surface area (Å²) in [7, 11) is 0. The lowest BCUT2D eigenvalue weighted by atomic mass is 10.2. The predicted octanol–water partition coefficient (Wildman–Crippen LogP) is 1.87. The molecule has 0 saturated heterocycles. The molecular weight excluding hydrogens is 261 g/mol. The van der Waals surface area contributed by atoms with Crippen LogP contribution in [0.4, 0.5) is 24.8 Å². The maximum atomic E-state index is 12.4. The van der Waals surface area contributed by atoms with Crippen LogP contribution in [-0.4, -0.2) is 16.1 Å². The highest BCUT2D eigenvalue weighted by Crippen LogP contribution is 2.30. The van der Waals surface area contributed by atoms with E-state index in [1.54, 1.807) is 0 Å². The first-order valence-electron chi connectivity index (χ1n) is 5.11. The SMILES string of the molecule is Nc1nn(-c2ccc(C(F)(F)F)cc2)c(N)c1C=O. The highest BCUT2D eigenvalue weighted by atomic mass is 19.4. The van der Waals surface area contributed by atoms with Gasteiger partial charge in [0, 0.05) is 0 Å². The topological polar surface area (TPSA) is 86.9 Å². The van der Waals surface area contributed by atoms with Gasteiger partial charge in [0.05, 0.1) is 11.3 Å². The van der Waals surface area contributed by atoms with E-state index >= 15 is 0 Å². The summed E-state index contributed by atoms with van der Waals surface area (Å²) in [5, 5.41) is 3.80. The molecule has 2 aromatic rings. The van der Waals surface area contributed by atoms with Crippen molar-refractivity contribution < 1.29 is 18.0 Å². The lowest BCUT2D eigenvalue weighted by molar-refractivity contribution is -0.137. The van der Waals surface area contributed by atoms with Crippen LogP contribution in [0.15, 0.2) is 24.3 Å². The lowest BCUT2D eigenvalue weighted by Crippen LogP contribution is -2.06. The van der Waals surface area contributed by atoms with Crippen molar-refractivity contribution in [2.24, 2.45) is 0 Å². The van der Waals surface area contributed by atoms with E-state index in [1.165, 1.54) is 12.1 Å². The molecule has 0 unspecified atom stereocenters. The number of aromatic nitrogens is 2. The molecule has 1 aromatic heterocycles. The van der Waals surface area contributed by atoms with Gasteiger partial charge in [0.1, 0.15) is 11.4 Å². The van der Waals surface area contributed by atoms with Gasteiger partial charge < -0.3 is 11.5 Å². The maximum Gasteiger partial charge on any atom is 0.416 e. The third-order valence-electron chi connectivity index (χ3n) is 2.54. The van der Waals surface area contributed by atoms with Crippen molar-refractivity contribution in [2.75, 3.05) is 11.5 Å². The third kappa shape index (κ3) is 2.24. The minimum Gasteiger partial charge on any atom is -0.383 e. The van der Waals surface area contributed by atoms with Crippen molar-refractivity contribution in [3.05, 3.63) is 35.4 Å². The first kappa shape index (κ1) is 12.9. The standard InChI is InChI=1S/C11H9F3N4O/c12-11(13,14)6-1-3-7(4-2-6)18-10(16)8(5-19)9(15)17-18/h1-5H,16H2,(H2,15,17). The number of rotatable bonds is 2. The fraction of sp³-hybridized carbons (Fsp3) is 0.0909. The van der Waals surface area contributed by atoms with E-state index in [1.807, 2.05) is 0 Å². The van der Waals surface area contributed by atoms with E-state index in [0.29, 0.717) is 6.29 Å². The van der Waals surface area contributed by atoms with Crippen molar-refractivity contribution in [3.63, 3.8) is 0 Å². The van der Waals surface area contributed by atoms with Crippen LogP contribution in [0.25, 0.3) is 5.69 Å². The first-order chi connectivity index (χ1) is 8.84. The quantitative estimate of drug-likeness (QED) is 0.815. The molecule has 0 radical (unpaired) electrons. The largest absolute Gasteiger partial charge is 0.416 e. The summed E-state index contributed by atoms with van der Waals surface area (Å²) >= 11 is 0. The molecule has 0 fully saturated rings. The monoisotopic (exact) mass is 270 g/mol. The number of aldehydes is 1. The Bertz CT molecular complexity index is 616. The molecule has 0 amide bonds. The molecule has 8 heteroatoms. The van der Waals surface area contributed by atoms with Crippen molar-refractivity contribution in [1.29, 1.82) is 0 Å². The van der Waals surface area contributed by atoms with Gasteiger partial charge in [-0.15, -0.1) is 5.10 Å². The minimum atomic E-state index is -4.42. The van der Waals surface area contributed by atoms with Crippen LogP contribution >= 0.6 is 0 Å².